The van der Waals surface area contributed by atoms with Crippen LogP contribution in [0.5, 0.6) is 0 Å². The summed E-state index contributed by atoms with van der Waals surface area (Å²) in [7, 11) is -2.86. The van der Waals surface area contributed by atoms with Gasteiger partial charge in [0.25, 0.3) is 0 Å². The van der Waals surface area contributed by atoms with Gasteiger partial charge in [-0.1, -0.05) is 6.92 Å². The monoisotopic (exact) mass is 218 g/mol. The fourth-order valence-electron chi connectivity index (χ4n) is 1.66. The second-order valence-corrected chi connectivity index (χ2v) is 6.01. The van der Waals surface area contributed by atoms with Gasteiger partial charge in [0.2, 0.25) is 0 Å². The first-order valence-electron chi connectivity index (χ1n) is 5.06. The zero-order valence-corrected chi connectivity index (χ0v) is 9.39. The number of aliphatic imine (C=N–C) groups is 1. The quantitative estimate of drug-likeness (QED) is 0.560. The highest BCUT2D eigenvalue weighted by Crippen LogP contribution is 2.15. The van der Waals surface area contributed by atoms with Crippen molar-refractivity contribution >= 4 is 15.7 Å². The second-order valence-electron chi connectivity index (χ2n) is 3.78. The van der Waals surface area contributed by atoms with Crippen molar-refractivity contribution < 1.29 is 8.42 Å². The molecule has 2 N–H and O–H groups in total. The van der Waals surface area contributed by atoms with E-state index >= 15 is 0 Å². The summed E-state index contributed by atoms with van der Waals surface area (Å²) in [6.45, 7) is 2.03. The van der Waals surface area contributed by atoms with Gasteiger partial charge in [0.05, 0.1) is 23.4 Å². The van der Waals surface area contributed by atoms with Crippen molar-refractivity contribution in [2.75, 3.05) is 11.5 Å². The van der Waals surface area contributed by atoms with Crippen molar-refractivity contribution in [1.82, 2.24) is 0 Å². The van der Waals surface area contributed by atoms with Crippen LogP contribution in [-0.4, -0.2) is 31.8 Å². The number of nitrogens with two attached hydrogens (primary N) is 1. The molecule has 1 rings (SSSR count). The minimum Gasteiger partial charge on any atom is -0.387 e. The number of hydrogen-bond acceptors (Lipinski definition) is 3. The lowest BCUT2D eigenvalue weighted by atomic mass is 10.2. The topological polar surface area (TPSA) is 72.5 Å². The Hall–Kier alpha value is -0.580. The molecule has 1 unspecified atom stereocenters. The van der Waals surface area contributed by atoms with Crippen LogP contribution in [0.25, 0.3) is 0 Å². The molecule has 4 nitrogen and oxygen atoms in total. The number of nitrogens with zero attached hydrogens (tertiary/aromatic N) is 1. The lowest BCUT2D eigenvalue weighted by Crippen LogP contribution is -2.29. The van der Waals surface area contributed by atoms with E-state index in [0.29, 0.717) is 11.6 Å². The van der Waals surface area contributed by atoms with Crippen molar-refractivity contribution in [3.8, 4) is 0 Å². The fraction of sp³-hybridized carbons (Fsp3) is 0.889. The van der Waals surface area contributed by atoms with E-state index in [1.807, 2.05) is 6.92 Å². The Kier molecular flexibility index (Phi) is 3.92. The van der Waals surface area contributed by atoms with Crippen LogP contribution in [0.1, 0.15) is 32.6 Å². The SMILES string of the molecule is CCCC(N)=NC1CCCS(=O)(=O)C1. The van der Waals surface area contributed by atoms with Gasteiger partial charge in [0, 0.05) is 6.42 Å². The van der Waals surface area contributed by atoms with Gasteiger partial charge in [-0.2, -0.15) is 0 Å². The Labute approximate surface area is 85.5 Å². The summed E-state index contributed by atoms with van der Waals surface area (Å²) in [6.07, 6.45) is 3.28. The summed E-state index contributed by atoms with van der Waals surface area (Å²) in [6, 6.07) is -0.0969. The van der Waals surface area contributed by atoms with E-state index in [9.17, 15) is 8.42 Å². The van der Waals surface area contributed by atoms with Crippen LogP contribution in [0, 0.1) is 0 Å². The number of amidine groups is 1. The first kappa shape index (κ1) is 11.5. The zero-order chi connectivity index (χ0) is 10.6. The van der Waals surface area contributed by atoms with E-state index in [0.717, 1.165) is 25.7 Å². The van der Waals surface area contributed by atoms with Crippen LogP contribution in [0.4, 0.5) is 0 Å². The van der Waals surface area contributed by atoms with Gasteiger partial charge in [-0.25, -0.2) is 8.42 Å². The number of hydrogen-bond donors (Lipinski definition) is 1. The van der Waals surface area contributed by atoms with E-state index < -0.39 is 9.84 Å². The van der Waals surface area contributed by atoms with E-state index in [1.54, 1.807) is 0 Å². The van der Waals surface area contributed by atoms with E-state index in [2.05, 4.69) is 4.99 Å². The molecule has 0 amide bonds. The van der Waals surface area contributed by atoms with Gasteiger partial charge < -0.3 is 5.73 Å². The molecule has 0 aromatic heterocycles. The van der Waals surface area contributed by atoms with Crippen molar-refractivity contribution in [2.45, 2.75) is 38.6 Å². The summed E-state index contributed by atoms with van der Waals surface area (Å²) in [5, 5.41) is 0. The van der Waals surface area contributed by atoms with Crippen LogP contribution < -0.4 is 5.73 Å². The van der Waals surface area contributed by atoms with Gasteiger partial charge in [-0.05, 0) is 19.3 Å². The molecule has 0 spiro atoms. The summed E-state index contributed by atoms with van der Waals surface area (Å²) in [5.41, 5.74) is 5.66. The van der Waals surface area contributed by atoms with Gasteiger partial charge in [-0.15, -0.1) is 0 Å². The highest BCUT2D eigenvalue weighted by atomic mass is 32.2. The average Bonchev–Trinajstić information content (AvgIpc) is 2.02. The Morgan fingerprint density at radius 1 is 1.57 bits per heavy atom. The molecule has 14 heavy (non-hydrogen) atoms. The van der Waals surface area contributed by atoms with Crippen molar-refractivity contribution in [2.24, 2.45) is 10.7 Å². The fourth-order valence-corrected chi connectivity index (χ4v) is 3.26. The largest absolute Gasteiger partial charge is 0.387 e. The molecule has 1 aliphatic heterocycles. The molecule has 0 bridgehead atoms. The molecule has 82 valence electrons. The molecule has 1 saturated heterocycles. The lowest BCUT2D eigenvalue weighted by Gasteiger charge is -2.18. The first-order valence-corrected chi connectivity index (χ1v) is 6.88. The van der Waals surface area contributed by atoms with Crippen LogP contribution in [0.15, 0.2) is 4.99 Å². The summed E-state index contributed by atoms with van der Waals surface area (Å²) in [5.74, 6) is 1.08. The Morgan fingerprint density at radius 2 is 2.29 bits per heavy atom. The minimum atomic E-state index is -2.86. The van der Waals surface area contributed by atoms with Crippen molar-refractivity contribution in [1.29, 1.82) is 0 Å². The zero-order valence-electron chi connectivity index (χ0n) is 8.57. The Bertz CT molecular complexity index is 309. The van der Waals surface area contributed by atoms with Crippen molar-refractivity contribution in [3.05, 3.63) is 0 Å². The highest BCUT2D eigenvalue weighted by molar-refractivity contribution is 7.91. The standard InChI is InChI=1S/C9H18N2O2S/c1-2-4-9(10)11-8-5-3-6-14(12,13)7-8/h8H,2-7H2,1H3,(H2,10,11). The number of sulfone groups is 1. The van der Waals surface area contributed by atoms with E-state index in [-0.39, 0.29) is 11.8 Å². The maximum Gasteiger partial charge on any atom is 0.152 e. The van der Waals surface area contributed by atoms with Gasteiger partial charge >= 0.3 is 0 Å². The highest BCUT2D eigenvalue weighted by Gasteiger charge is 2.24. The maximum absolute atomic E-state index is 11.3. The molecule has 0 aliphatic carbocycles. The first-order chi connectivity index (χ1) is 6.53. The third-order valence-corrected chi connectivity index (χ3v) is 4.10. The summed E-state index contributed by atoms with van der Waals surface area (Å²) in [4.78, 5) is 4.24. The average molecular weight is 218 g/mol. The number of rotatable bonds is 3. The summed E-state index contributed by atoms with van der Waals surface area (Å²) >= 11 is 0. The Balaban J connectivity index is 2.57. The molecule has 0 aromatic rings. The maximum atomic E-state index is 11.3. The predicted octanol–water partition coefficient (Wildman–Crippen LogP) is 0.721. The predicted molar refractivity (Wildman–Crippen MR) is 58.2 cm³/mol. The van der Waals surface area contributed by atoms with Gasteiger partial charge in [0.1, 0.15) is 0 Å². The molecule has 0 aromatic carbocycles. The van der Waals surface area contributed by atoms with Crippen LogP contribution >= 0.6 is 0 Å². The van der Waals surface area contributed by atoms with Crippen molar-refractivity contribution in [3.63, 3.8) is 0 Å². The molecule has 1 heterocycles. The van der Waals surface area contributed by atoms with Crippen LogP contribution in [0.3, 0.4) is 0 Å². The van der Waals surface area contributed by atoms with E-state index in [1.165, 1.54) is 0 Å². The molecule has 1 aliphatic rings. The molecular formula is C9H18N2O2S. The van der Waals surface area contributed by atoms with E-state index in [4.69, 9.17) is 5.73 Å². The molecule has 0 saturated carbocycles. The molecular weight excluding hydrogens is 200 g/mol. The third-order valence-electron chi connectivity index (χ3n) is 2.29. The van der Waals surface area contributed by atoms with Gasteiger partial charge in [0.15, 0.2) is 9.84 Å². The van der Waals surface area contributed by atoms with Gasteiger partial charge in [-0.3, -0.25) is 4.99 Å². The third kappa shape index (κ3) is 3.65. The summed E-state index contributed by atoms with van der Waals surface area (Å²) < 4.78 is 22.6. The minimum absolute atomic E-state index is 0.0969. The Morgan fingerprint density at radius 3 is 2.86 bits per heavy atom. The molecule has 1 atom stereocenters. The van der Waals surface area contributed by atoms with Crippen LogP contribution in [-0.2, 0) is 9.84 Å². The molecule has 0 radical (unpaired) electrons. The van der Waals surface area contributed by atoms with Crippen LogP contribution in [0.2, 0.25) is 0 Å². The second kappa shape index (κ2) is 4.77. The smallest absolute Gasteiger partial charge is 0.152 e. The molecule has 5 heteroatoms. The normalized spacial score (nSPS) is 27.5. The lowest BCUT2D eigenvalue weighted by molar-refractivity contribution is 0.552. The molecule has 1 fully saturated rings.